The molecule has 1 aromatic carbocycles. The Bertz CT molecular complexity index is 429. The van der Waals surface area contributed by atoms with E-state index in [0.717, 1.165) is 13.1 Å². The maximum Gasteiger partial charge on any atom is 0.127 e. The van der Waals surface area contributed by atoms with Crippen LogP contribution in [0.15, 0.2) is 24.3 Å². The molecule has 2 unspecified atom stereocenters. The number of hydrogen-bond acceptors (Lipinski definition) is 2. The maximum atomic E-state index is 13.9. The summed E-state index contributed by atoms with van der Waals surface area (Å²) in [5, 5.41) is 0. The van der Waals surface area contributed by atoms with E-state index in [1.807, 2.05) is 12.1 Å². The summed E-state index contributed by atoms with van der Waals surface area (Å²) in [6.45, 7) is 6.37. The van der Waals surface area contributed by atoms with Crippen molar-refractivity contribution in [3.05, 3.63) is 35.6 Å². The lowest BCUT2D eigenvalue weighted by atomic mass is 9.91. The third kappa shape index (κ3) is 4.27. The largest absolute Gasteiger partial charge is 0.324 e. The molecule has 0 heterocycles. The summed E-state index contributed by atoms with van der Waals surface area (Å²) < 4.78 is 13.9. The highest BCUT2D eigenvalue weighted by Gasteiger charge is 2.25. The van der Waals surface area contributed by atoms with Crippen molar-refractivity contribution in [3.8, 4) is 0 Å². The molecule has 0 aliphatic heterocycles. The van der Waals surface area contributed by atoms with Crippen LogP contribution in [0.4, 0.5) is 4.39 Å². The van der Waals surface area contributed by atoms with Gasteiger partial charge in [-0.25, -0.2) is 4.39 Å². The van der Waals surface area contributed by atoms with Crippen LogP contribution in [0.2, 0.25) is 0 Å². The van der Waals surface area contributed by atoms with Gasteiger partial charge in [-0.15, -0.1) is 0 Å². The van der Waals surface area contributed by atoms with Gasteiger partial charge in [0.25, 0.3) is 0 Å². The summed E-state index contributed by atoms with van der Waals surface area (Å²) in [6, 6.07) is 7.36. The van der Waals surface area contributed by atoms with Gasteiger partial charge in [0.1, 0.15) is 5.82 Å². The predicted molar refractivity (Wildman–Crippen MR) is 86.6 cm³/mol. The van der Waals surface area contributed by atoms with Gasteiger partial charge in [-0.3, -0.25) is 0 Å². The van der Waals surface area contributed by atoms with Crippen LogP contribution in [-0.2, 0) is 0 Å². The van der Waals surface area contributed by atoms with Gasteiger partial charge in [-0.2, -0.15) is 0 Å². The second kappa shape index (κ2) is 7.90. The Kier molecular flexibility index (Phi) is 6.19. The standard InChI is InChI=1S/C18H29FN2/c1-3-21(15-9-5-4-6-10-15)13-14(2)18(20)16-11-7-8-12-17(16)19/h7-8,11-12,14-15,18H,3-6,9-10,13,20H2,1-2H3. The molecule has 1 aromatic rings. The Morgan fingerprint density at radius 1 is 1.24 bits per heavy atom. The summed E-state index contributed by atoms with van der Waals surface area (Å²) >= 11 is 0. The molecule has 2 atom stereocenters. The average Bonchev–Trinajstić information content (AvgIpc) is 2.53. The predicted octanol–water partition coefficient (Wildman–Crippen LogP) is 4.12. The molecule has 2 N–H and O–H groups in total. The fraction of sp³-hybridized carbons (Fsp3) is 0.667. The van der Waals surface area contributed by atoms with Crippen molar-refractivity contribution >= 4 is 0 Å². The molecule has 118 valence electrons. The zero-order valence-electron chi connectivity index (χ0n) is 13.4. The molecular weight excluding hydrogens is 263 g/mol. The second-order valence-corrected chi connectivity index (χ2v) is 6.40. The van der Waals surface area contributed by atoms with Crippen molar-refractivity contribution in [1.29, 1.82) is 0 Å². The number of benzene rings is 1. The van der Waals surface area contributed by atoms with Crippen LogP contribution in [-0.4, -0.2) is 24.0 Å². The molecule has 0 radical (unpaired) electrons. The monoisotopic (exact) mass is 292 g/mol. The van der Waals surface area contributed by atoms with Crippen molar-refractivity contribution in [2.75, 3.05) is 13.1 Å². The number of nitrogens with zero attached hydrogens (tertiary/aromatic N) is 1. The lowest BCUT2D eigenvalue weighted by molar-refractivity contribution is 0.136. The minimum atomic E-state index is -0.233. The van der Waals surface area contributed by atoms with Crippen LogP contribution in [0.5, 0.6) is 0 Å². The molecule has 0 bridgehead atoms. The molecule has 0 saturated heterocycles. The van der Waals surface area contributed by atoms with Gasteiger partial charge in [-0.1, -0.05) is 51.3 Å². The lowest BCUT2D eigenvalue weighted by Crippen LogP contribution is -2.41. The molecule has 2 nitrogen and oxygen atoms in total. The fourth-order valence-electron chi connectivity index (χ4n) is 3.52. The lowest BCUT2D eigenvalue weighted by Gasteiger charge is -2.36. The zero-order chi connectivity index (χ0) is 15.2. The molecule has 0 aromatic heterocycles. The third-order valence-electron chi connectivity index (χ3n) is 4.90. The van der Waals surface area contributed by atoms with E-state index in [-0.39, 0.29) is 17.8 Å². The van der Waals surface area contributed by atoms with Crippen LogP contribution in [0.1, 0.15) is 57.6 Å². The third-order valence-corrected chi connectivity index (χ3v) is 4.90. The van der Waals surface area contributed by atoms with E-state index in [1.165, 1.54) is 38.2 Å². The molecular formula is C18H29FN2. The maximum absolute atomic E-state index is 13.9. The van der Waals surface area contributed by atoms with Gasteiger partial charge in [0, 0.05) is 24.2 Å². The van der Waals surface area contributed by atoms with Gasteiger partial charge in [0.15, 0.2) is 0 Å². The van der Waals surface area contributed by atoms with Crippen LogP contribution in [0.25, 0.3) is 0 Å². The highest BCUT2D eigenvalue weighted by molar-refractivity contribution is 5.21. The minimum absolute atomic E-state index is 0.183. The SMILES string of the molecule is CCN(CC(C)C(N)c1ccccc1F)C1CCCCC1. The Morgan fingerprint density at radius 3 is 2.52 bits per heavy atom. The fourth-order valence-corrected chi connectivity index (χ4v) is 3.52. The van der Waals surface area contributed by atoms with E-state index in [2.05, 4.69) is 18.7 Å². The highest BCUT2D eigenvalue weighted by Crippen LogP contribution is 2.27. The number of hydrogen-bond donors (Lipinski definition) is 1. The Balaban J connectivity index is 1.98. The molecule has 1 aliphatic rings. The number of nitrogens with two attached hydrogens (primary N) is 1. The van der Waals surface area contributed by atoms with Crippen molar-refractivity contribution < 1.29 is 4.39 Å². The van der Waals surface area contributed by atoms with Gasteiger partial charge >= 0.3 is 0 Å². The number of rotatable bonds is 6. The first kappa shape index (κ1) is 16.4. The van der Waals surface area contributed by atoms with Gasteiger partial charge < -0.3 is 10.6 Å². The van der Waals surface area contributed by atoms with E-state index in [1.54, 1.807) is 6.07 Å². The van der Waals surface area contributed by atoms with Gasteiger partial charge in [0.2, 0.25) is 0 Å². The van der Waals surface area contributed by atoms with Crippen molar-refractivity contribution in [2.45, 2.75) is 58.0 Å². The average molecular weight is 292 g/mol. The van der Waals surface area contributed by atoms with Gasteiger partial charge in [-0.05, 0) is 31.4 Å². The molecule has 0 spiro atoms. The molecule has 1 aliphatic carbocycles. The first-order valence-electron chi connectivity index (χ1n) is 8.37. The quantitative estimate of drug-likeness (QED) is 0.854. The Morgan fingerprint density at radius 2 is 1.90 bits per heavy atom. The van der Waals surface area contributed by atoms with E-state index in [4.69, 9.17) is 5.73 Å². The van der Waals surface area contributed by atoms with Crippen LogP contribution < -0.4 is 5.73 Å². The van der Waals surface area contributed by atoms with E-state index in [9.17, 15) is 4.39 Å². The summed E-state index contributed by atoms with van der Waals surface area (Å²) in [5.74, 6) is 0.0707. The molecule has 2 rings (SSSR count). The van der Waals surface area contributed by atoms with Crippen LogP contribution >= 0.6 is 0 Å². The van der Waals surface area contributed by atoms with Crippen molar-refractivity contribution in [3.63, 3.8) is 0 Å². The molecule has 21 heavy (non-hydrogen) atoms. The Labute approximate surface area is 128 Å². The summed E-state index contributed by atoms with van der Waals surface area (Å²) in [5.41, 5.74) is 6.95. The van der Waals surface area contributed by atoms with Crippen molar-refractivity contribution in [1.82, 2.24) is 4.90 Å². The topological polar surface area (TPSA) is 29.3 Å². The highest BCUT2D eigenvalue weighted by atomic mass is 19.1. The summed E-state index contributed by atoms with van der Waals surface area (Å²) in [7, 11) is 0. The van der Waals surface area contributed by atoms with Gasteiger partial charge in [0.05, 0.1) is 0 Å². The van der Waals surface area contributed by atoms with Crippen LogP contribution in [0, 0.1) is 11.7 Å². The molecule has 1 saturated carbocycles. The zero-order valence-corrected chi connectivity index (χ0v) is 13.4. The first-order valence-corrected chi connectivity index (χ1v) is 8.37. The van der Waals surface area contributed by atoms with E-state index in [0.29, 0.717) is 11.6 Å². The van der Waals surface area contributed by atoms with E-state index >= 15 is 0 Å². The summed E-state index contributed by atoms with van der Waals surface area (Å²) in [6.07, 6.45) is 6.66. The normalized spacial score (nSPS) is 19.7. The Hall–Kier alpha value is -0.930. The van der Waals surface area contributed by atoms with Crippen LogP contribution in [0.3, 0.4) is 0 Å². The summed E-state index contributed by atoms with van der Waals surface area (Å²) in [4.78, 5) is 2.55. The van der Waals surface area contributed by atoms with E-state index < -0.39 is 0 Å². The molecule has 1 fully saturated rings. The molecule has 3 heteroatoms. The second-order valence-electron chi connectivity index (χ2n) is 6.40. The first-order chi connectivity index (χ1) is 10.1. The molecule has 0 amide bonds. The number of halogens is 1. The smallest absolute Gasteiger partial charge is 0.127 e. The van der Waals surface area contributed by atoms with Crippen molar-refractivity contribution in [2.24, 2.45) is 11.7 Å². The minimum Gasteiger partial charge on any atom is -0.324 e.